The van der Waals surface area contributed by atoms with Crippen molar-refractivity contribution in [2.75, 3.05) is 13.1 Å². The minimum Gasteiger partial charge on any atom is -0.481 e. The first-order chi connectivity index (χ1) is 7.74. The third-order valence-corrected chi connectivity index (χ3v) is 2.84. The van der Waals surface area contributed by atoms with Crippen molar-refractivity contribution in [2.45, 2.75) is 19.5 Å². The van der Waals surface area contributed by atoms with Gasteiger partial charge in [-0.3, -0.25) is 9.59 Å². The molecule has 96 valence electrons. The molecule has 1 heterocycles. The summed E-state index contributed by atoms with van der Waals surface area (Å²) in [7, 11) is 0. The van der Waals surface area contributed by atoms with Crippen LogP contribution < -0.4 is 0 Å². The minimum absolute atomic E-state index is 0.199. The summed E-state index contributed by atoms with van der Waals surface area (Å²) < 4.78 is 38.3. The second-order valence-corrected chi connectivity index (χ2v) is 3.89. The van der Waals surface area contributed by atoms with Crippen LogP contribution in [0.4, 0.5) is 13.2 Å². The van der Waals surface area contributed by atoms with Crippen LogP contribution in [0.1, 0.15) is 13.3 Å². The Bertz CT molecular complexity index is 364. The average molecular weight is 251 g/mol. The molecule has 0 aromatic heterocycles. The number of hydrogen-bond acceptors (Lipinski definition) is 2. The summed E-state index contributed by atoms with van der Waals surface area (Å²) in [6.45, 7) is 0.534. The van der Waals surface area contributed by atoms with Crippen LogP contribution in [0.2, 0.25) is 0 Å². The molecular weight excluding hydrogens is 239 g/mol. The second kappa shape index (κ2) is 4.38. The van der Waals surface area contributed by atoms with Crippen LogP contribution in [0.3, 0.4) is 0 Å². The molecule has 0 spiro atoms. The van der Waals surface area contributed by atoms with Crippen molar-refractivity contribution in [3.8, 4) is 0 Å². The van der Waals surface area contributed by atoms with Crippen LogP contribution in [0.15, 0.2) is 12.2 Å². The number of aliphatic carboxylic acids is 1. The summed E-state index contributed by atoms with van der Waals surface area (Å²) in [5, 5.41) is 8.75. The molecule has 0 bridgehead atoms. The number of carbonyl (C=O) groups is 2. The van der Waals surface area contributed by atoms with Gasteiger partial charge in [0, 0.05) is 13.1 Å². The number of alkyl halides is 3. The van der Waals surface area contributed by atoms with Crippen LogP contribution in [0.25, 0.3) is 0 Å². The van der Waals surface area contributed by atoms with Gasteiger partial charge in [0.05, 0.1) is 0 Å². The molecule has 1 atom stereocenters. The maximum absolute atomic E-state index is 12.8. The highest BCUT2D eigenvalue weighted by molar-refractivity contribution is 5.89. The molecule has 0 aromatic rings. The first-order valence-electron chi connectivity index (χ1n) is 4.96. The van der Waals surface area contributed by atoms with Gasteiger partial charge in [-0.15, -0.1) is 0 Å². The molecule has 1 amide bonds. The lowest BCUT2D eigenvalue weighted by Gasteiger charge is -2.26. The second-order valence-electron chi connectivity index (χ2n) is 3.89. The standard InChI is InChI=1S/C10H12F3NO3/c1-2-3-7(15)14-5-4-9(6-14,8(16)17)10(11,12)13/h2-3H,4-6H2,1H3,(H,16,17). The fourth-order valence-corrected chi connectivity index (χ4v) is 1.77. The van der Waals surface area contributed by atoms with E-state index in [1.165, 1.54) is 6.08 Å². The van der Waals surface area contributed by atoms with Gasteiger partial charge in [0.2, 0.25) is 5.91 Å². The van der Waals surface area contributed by atoms with E-state index in [0.29, 0.717) is 0 Å². The topological polar surface area (TPSA) is 57.6 Å². The third kappa shape index (κ3) is 2.27. The van der Waals surface area contributed by atoms with Gasteiger partial charge < -0.3 is 10.0 Å². The van der Waals surface area contributed by atoms with Crippen molar-refractivity contribution in [3.05, 3.63) is 12.2 Å². The summed E-state index contributed by atoms with van der Waals surface area (Å²) in [5.41, 5.74) is -2.83. The number of likely N-dealkylation sites (tertiary alicyclic amines) is 1. The lowest BCUT2D eigenvalue weighted by molar-refractivity contribution is -0.227. The molecule has 1 saturated heterocycles. The van der Waals surface area contributed by atoms with Crippen LogP contribution in [0.5, 0.6) is 0 Å². The molecule has 1 fully saturated rings. The van der Waals surface area contributed by atoms with Gasteiger partial charge in [0.1, 0.15) is 0 Å². The Morgan fingerprint density at radius 3 is 2.35 bits per heavy atom. The molecule has 0 saturated carbocycles. The number of rotatable bonds is 2. The van der Waals surface area contributed by atoms with Gasteiger partial charge in [-0.05, 0) is 19.4 Å². The van der Waals surface area contributed by atoms with E-state index in [1.807, 2.05) is 0 Å². The monoisotopic (exact) mass is 251 g/mol. The lowest BCUT2D eigenvalue weighted by Crippen LogP contribution is -2.47. The Kier molecular flexibility index (Phi) is 3.49. The van der Waals surface area contributed by atoms with E-state index in [0.717, 1.165) is 11.0 Å². The van der Waals surface area contributed by atoms with E-state index < -0.39 is 36.4 Å². The molecule has 0 aliphatic carbocycles. The number of allylic oxidation sites excluding steroid dienone is 1. The van der Waals surface area contributed by atoms with E-state index in [-0.39, 0.29) is 6.54 Å². The van der Waals surface area contributed by atoms with Crippen molar-refractivity contribution in [3.63, 3.8) is 0 Å². The maximum Gasteiger partial charge on any atom is 0.406 e. The Morgan fingerprint density at radius 2 is 2.00 bits per heavy atom. The van der Waals surface area contributed by atoms with Crippen LogP contribution >= 0.6 is 0 Å². The predicted octanol–water partition coefficient (Wildman–Crippen LogP) is 1.43. The zero-order valence-corrected chi connectivity index (χ0v) is 9.12. The highest BCUT2D eigenvalue weighted by Gasteiger charge is 2.64. The molecule has 0 radical (unpaired) electrons. The van der Waals surface area contributed by atoms with Crippen molar-refractivity contribution >= 4 is 11.9 Å². The summed E-state index contributed by atoms with van der Waals surface area (Å²) in [5.74, 6) is -2.53. The highest BCUT2D eigenvalue weighted by atomic mass is 19.4. The molecule has 1 rings (SSSR count). The molecule has 17 heavy (non-hydrogen) atoms. The van der Waals surface area contributed by atoms with Crippen LogP contribution in [0, 0.1) is 5.41 Å². The zero-order valence-electron chi connectivity index (χ0n) is 9.12. The number of halogens is 3. The van der Waals surface area contributed by atoms with Gasteiger partial charge in [-0.2, -0.15) is 13.2 Å². The number of hydrogen-bond donors (Lipinski definition) is 1. The van der Waals surface area contributed by atoms with Gasteiger partial charge in [0.25, 0.3) is 0 Å². The van der Waals surface area contributed by atoms with E-state index in [1.54, 1.807) is 6.92 Å². The van der Waals surface area contributed by atoms with Crippen LogP contribution in [-0.4, -0.2) is 41.1 Å². The molecular formula is C10H12F3NO3. The molecule has 1 aliphatic rings. The average Bonchev–Trinajstić information content (AvgIpc) is 2.62. The Balaban J connectivity index is 2.95. The minimum atomic E-state index is -4.86. The fraction of sp³-hybridized carbons (Fsp3) is 0.600. The SMILES string of the molecule is CC=CC(=O)N1CCC(C(=O)O)(C(F)(F)F)C1. The molecule has 4 nitrogen and oxygen atoms in total. The van der Waals surface area contributed by atoms with Crippen molar-refractivity contribution in [2.24, 2.45) is 5.41 Å². The van der Waals surface area contributed by atoms with E-state index in [2.05, 4.69) is 0 Å². The highest BCUT2D eigenvalue weighted by Crippen LogP contribution is 2.45. The summed E-state index contributed by atoms with van der Waals surface area (Å²) in [6, 6.07) is 0. The Labute approximate surface area is 95.7 Å². The molecule has 1 N–H and O–H groups in total. The van der Waals surface area contributed by atoms with Crippen molar-refractivity contribution in [1.29, 1.82) is 0 Å². The number of carboxylic acid groups (broad SMARTS) is 1. The third-order valence-electron chi connectivity index (χ3n) is 2.84. The Morgan fingerprint density at radius 1 is 1.41 bits per heavy atom. The van der Waals surface area contributed by atoms with Gasteiger partial charge in [-0.25, -0.2) is 0 Å². The van der Waals surface area contributed by atoms with Gasteiger partial charge >= 0.3 is 12.1 Å². The van der Waals surface area contributed by atoms with Crippen LogP contribution in [-0.2, 0) is 9.59 Å². The zero-order chi connectivity index (χ0) is 13.3. The van der Waals surface area contributed by atoms with Crippen molar-refractivity contribution in [1.82, 2.24) is 4.90 Å². The molecule has 0 aromatic carbocycles. The largest absolute Gasteiger partial charge is 0.481 e. The summed E-state index contributed by atoms with van der Waals surface area (Å²) >= 11 is 0. The number of amides is 1. The van der Waals surface area contributed by atoms with E-state index in [4.69, 9.17) is 5.11 Å². The molecule has 1 unspecified atom stereocenters. The predicted molar refractivity (Wildman–Crippen MR) is 52.1 cm³/mol. The fourth-order valence-electron chi connectivity index (χ4n) is 1.77. The van der Waals surface area contributed by atoms with E-state index >= 15 is 0 Å². The summed E-state index contributed by atoms with van der Waals surface area (Å²) in [4.78, 5) is 23.1. The van der Waals surface area contributed by atoms with Crippen molar-refractivity contribution < 1.29 is 27.9 Å². The Hall–Kier alpha value is -1.53. The first-order valence-corrected chi connectivity index (χ1v) is 4.96. The molecule has 7 heteroatoms. The van der Waals surface area contributed by atoms with E-state index in [9.17, 15) is 22.8 Å². The van der Waals surface area contributed by atoms with Gasteiger partial charge in [0.15, 0.2) is 5.41 Å². The molecule has 1 aliphatic heterocycles. The quantitative estimate of drug-likeness (QED) is 0.755. The maximum atomic E-state index is 12.8. The smallest absolute Gasteiger partial charge is 0.406 e. The normalized spacial score (nSPS) is 25.5. The first kappa shape index (κ1) is 13.5. The van der Waals surface area contributed by atoms with Gasteiger partial charge in [-0.1, -0.05) is 6.08 Å². The number of nitrogens with zero attached hydrogens (tertiary/aromatic N) is 1. The number of carboxylic acids is 1. The lowest BCUT2D eigenvalue weighted by atomic mass is 9.86. The number of carbonyl (C=O) groups excluding carboxylic acids is 1. The summed E-state index contributed by atoms with van der Waals surface area (Å²) in [6.07, 6.45) is -2.94.